The van der Waals surface area contributed by atoms with Gasteiger partial charge in [0.25, 0.3) is 0 Å². The minimum Gasteiger partial charge on any atom is -0.611 e. The molecule has 0 radical (unpaired) electrons. The molecule has 0 saturated carbocycles. The van der Waals surface area contributed by atoms with E-state index in [1.165, 1.54) is 18.2 Å². The Balaban J connectivity index is 1.58. The Kier molecular flexibility index (Phi) is 6.77. The smallest absolute Gasteiger partial charge is 0.421 e. The molecule has 1 aliphatic heterocycles. The quantitative estimate of drug-likeness (QED) is 0.682. The summed E-state index contributed by atoms with van der Waals surface area (Å²) < 4.78 is 58.2. The second-order valence-corrected chi connectivity index (χ2v) is 8.51. The Morgan fingerprint density at radius 3 is 2.55 bits per heavy atom. The Bertz CT molecular complexity index is 842. The zero-order chi connectivity index (χ0) is 21.0. The van der Waals surface area contributed by atoms with Gasteiger partial charge in [-0.3, -0.25) is 0 Å². The minimum absolute atomic E-state index is 0.0449. The zero-order valence-corrected chi connectivity index (χ0v) is 16.5. The van der Waals surface area contributed by atoms with Crippen LogP contribution in [0.25, 0.3) is 0 Å². The van der Waals surface area contributed by atoms with Crippen LogP contribution >= 0.6 is 0 Å². The number of halogens is 3. The predicted octanol–water partition coefficient (Wildman–Crippen LogP) is 3.97. The summed E-state index contributed by atoms with van der Waals surface area (Å²) >= 11 is -1.76. The molecule has 29 heavy (non-hydrogen) atoms. The summed E-state index contributed by atoms with van der Waals surface area (Å²) in [5.74, 6) is 0.627. The van der Waals surface area contributed by atoms with E-state index in [1.807, 2.05) is 4.90 Å². The van der Waals surface area contributed by atoms with Gasteiger partial charge in [0, 0.05) is 18.7 Å². The molecule has 0 aromatic heterocycles. The first-order chi connectivity index (χ1) is 13.8. The third kappa shape index (κ3) is 5.26. The van der Waals surface area contributed by atoms with Crippen molar-refractivity contribution >= 4 is 11.2 Å². The number of aliphatic hydroxyl groups excluding tert-OH is 1. The van der Waals surface area contributed by atoms with Crippen LogP contribution in [-0.4, -0.2) is 39.5 Å². The maximum atomic E-state index is 13.2. The third-order valence-corrected chi connectivity index (χ3v) is 6.60. The fourth-order valence-electron chi connectivity index (χ4n) is 3.19. The topological polar surface area (TPSA) is 55.8 Å². The lowest BCUT2D eigenvalue weighted by atomic mass is 10.2. The van der Waals surface area contributed by atoms with Crippen molar-refractivity contribution in [1.82, 2.24) is 4.90 Å². The van der Waals surface area contributed by atoms with Gasteiger partial charge in [-0.25, -0.2) is 0 Å². The summed E-state index contributed by atoms with van der Waals surface area (Å²) in [6.07, 6.45) is -4.02. The van der Waals surface area contributed by atoms with Gasteiger partial charge < -0.3 is 19.3 Å². The highest BCUT2D eigenvalue weighted by Crippen LogP contribution is 2.36. The Morgan fingerprint density at radius 2 is 1.90 bits per heavy atom. The third-order valence-electron chi connectivity index (χ3n) is 4.82. The van der Waals surface area contributed by atoms with Crippen molar-refractivity contribution in [2.45, 2.75) is 29.3 Å². The molecule has 1 saturated heterocycles. The molecule has 3 rings (SSSR count). The van der Waals surface area contributed by atoms with Crippen LogP contribution in [0.15, 0.2) is 65.7 Å². The van der Waals surface area contributed by atoms with Gasteiger partial charge in [-0.15, -0.1) is 0 Å². The van der Waals surface area contributed by atoms with Gasteiger partial charge in [-0.05, 0) is 41.0 Å². The molecule has 1 N–H and O–H groups in total. The van der Waals surface area contributed by atoms with Crippen molar-refractivity contribution in [1.29, 1.82) is 0 Å². The maximum absolute atomic E-state index is 13.2. The lowest BCUT2D eigenvalue weighted by Crippen LogP contribution is -2.29. The molecule has 2 aromatic carbocycles. The van der Waals surface area contributed by atoms with Crippen molar-refractivity contribution in [3.8, 4) is 5.75 Å². The number of aliphatic hydroxyl groups is 1. The van der Waals surface area contributed by atoms with Crippen LogP contribution in [0.4, 0.5) is 13.2 Å². The first-order valence-electron chi connectivity index (χ1n) is 9.11. The van der Waals surface area contributed by atoms with Crippen molar-refractivity contribution in [3.63, 3.8) is 0 Å². The number of hydrogen-bond acceptors (Lipinski definition) is 4. The maximum Gasteiger partial charge on any atom is 0.421 e. The molecule has 2 aromatic rings. The molecule has 8 heteroatoms. The molecule has 1 heterocycles. The van der Waals surface area contributed by atoms with Crippen LogP contribution in [0.5, 0.6) is 5.75 Å². The molecular formula is C21H22F3NO3S. The normalized spacial score (nSPS) is 18.0. The van der Waals surface area contributed by atoms with Crippen LogP contribution in [-0.2, 0) is 24.0 Å². The van der Waals surface area contributed by atoms with Gasteiger partial charge >= 0.3 is 6.18 Å². The van der Waals surface area contributed by atoms with Gasteiger partial charge in [-0.2, -0.15) is 13.2 Å². The Labute approximate surface area is 170 Å². The number of alkyl halides is 3. The predicted molar refractivity (Wildman–Crippen MR) is 105 cm³/mol. The fourth-order valence-corrected chi connectivity index (χ4v) is 4.80. The van der Waals surface area contributed by atoms with Gasteiger partial charge in [0.05, 0.1) is 13.2 Å². The molecular weight excluding hydrogens is 403 g/mol. The number of likely N-dealkylation sites (tertiary alicyclic amines) is 1. The molecule has 0 bridgehead atoms. The van der Waals surface area contributed by atoms with Crippen molar-refractivity contribution in [2.24, 2.45) is 0 Å². The molecule has 0 amide bonds. The number of nitrogens with zero attached hydrogens (tertiary/aromatic N) is 1. The van der Waals surface area contributed by atoms with Crippen LogP contribution < -0.4 is 4.74 Å². The monoisotopic (exact) mass is 425 g/mol. The largest absolute Gasteiger partial charge is 0.611 e. The zero-order valence-electron chi connectivity index (χ0n) is 15.7. The summed E-state index contributed by atoms with van der Waals surface area (Å²) in [6, 6.07) is 12.0. The fraction of sp³-hybridized carbons (Fsp3) is 0.333. The second kappa shape index (κ2) is 9.11. The van der Waals surface area contributed by atoms with E-state index in [1.54, 1.807) is 24.3 Å². The van der Waals surface area contributed by atoms with E-state index in [2.05, 4.69) is 6.58 Å². The van der Waals surface area contributed by atoms with E-state index in [9.17, 15) is 17.7 Å². The summed E-state index contributed by atoms with van der Waals surface area (Å²) in [5.41, 5.74) is 0.616. The average molecular weight is 425 g/mol. The molecule has 1 fully saturated rings. The van der Waals surface area contributed by atoms with E-state index in [0.29, 0.717) is 31.0 Å². The SMILES string of the molecule is C=C(COc1ccc(CO)cc1)N1CC[C@H]([S@@+]([O-])c2ccccc2C(F)(F)F)C1. The van der Waals surface area contributed by atoms with E-state index in [-0.39, 0.29) is 18.1 Å². The van der Waals surface area contributed by atoms with E-state index < -0.39 is 28.2 Å². The van der Waals surface area contributed by atoms with Gasteiger partial charge in [0.2, 0.25) is 0 Å². The van der Waals surface area contributed by atoms with Crippen molar-refractivity contribution in [3.05, 3.63) is 71.9 Å². The van der Waals surface area contributed by atoms with Gasteiger partial charge in [0.1, 0.15) is 23.2 Å². The van der Waals surface area contributed by atoms with E-state index in [4.69, 9.17) is 9.84 Å². The molecule has 2 atom stereocenters. The molecule has 4 nitrogen and oxygen atoms in total. The lowest BCUT2D eigenvalue weighted by molar-refractivity contribution is -0.139. The Morgan fingerprint density at radius 1 is 1.21 bits per heavy atom. The molecule has 0 aliphatic carbocycles. The van der Waals surface area contributed by atoms with E-state index >= 15 is 0 Å². The summed E-state index contributed by atoms with van der Waals surface area (Å²) in [7, 11) is 0. The van der Waals surface area contributed by atoms with Crippen LogP contribution in [0.3, 0.4) is 0 Å². The number of rotatable bonds is 7. The molecule has 156 valence electrons. The number of ether oxygens (including phenoxy) is 1. The second-order valence-electron chi connectivity index (χ2n) is 6.80. The van der Waals surface area contributed by atoms with Crippen LogP contribution in [0, 0.1) is 0 Å². The minimum atomic E-state index is -4.53. The lowest BCUT2D eigenvalue weighted by Gasteiger charge is -2.23. The van der Waals surface area contributed by atoms with Crippen molar-refractivity contribution in [2.75, 3.05) is 19.7 Å². The molecule has 0 unspecified atom stereocenters. The highest BCUT2D eigenvalue weighted by atomic mass is 32.2. The number of hydrogen-bond donors (Lipinski definition) is 1. The standard InChI is InChI=1S/C21H22F3NO3S/c1-15(14-28-17-8-6-16(13-26)7-9-17)25-11-10-18(12-25)29(27)20-5-3-2-4-19(20)21(22,23)24/h2-9,18,26H,1,10-14H2/t18-,29+/m0/s1. The highest BCUT2D eigenvalue weighted by molar-refractivity contribution is 7.92. The first-order valence-corrected chi connectivity index (χ1v) is 10.3. The van der Waals surface area contributed by atoms with Crippen LogP contribution in [0.2, 0.25) is 0 Å². The highest BCUT2D eigenvalue weighted by Gasteiger charge is 2.41. The van der Waals surface area contributed by atoms with Crippen LogP contribution in [0.1, 0.15) is 17.5 Å². The summed E-state index contributed by atoms with van der Waals surface area (Å²) in [5, 5.41) is 8.65. The summed E-state index contributed by atoms with van der Waals surface area (Å²) in [4.78, 5) is 1.73. The van der Waals surface area contributed by atoms with Gasteiger partial charge in [-0.1, -0.05) is 30.8 Å². The average Bonchev–Trinajstić information content (AvgIpc) is 3.21. The first kappa shape index (κ1) is 21.5. The van der Waals surface area contributed by atoms with Crippen molar-refractivity contribution < 1.29 is 27.6 Å². The Hall–Kier alpha value is -2.16. The molecule has 0 spiro atoms. The molecule has 1 aliphatic rings. The number of benzene rings is 2. The van der Waals surface area contributed by atoms with Gasteiger partial charge in [0.15, 0.2) is 4.90 Å². The van der Waals surface area contributed by atoms with E-state index in [0.717, 1.165) is 11.6 Å². The summed E-state index contributed by atoms with van der Waals surface area (Å²) in [6.45, 7) is 5.10.